The molecule has 2 heterocycles. The Labute approximate surface area is 135 Å². The first-order valence-corrected chi connectivity index (χ1v) is 8.69. The number of likely N-dealkylation sites (tertiary alicyclic amines) is 1. The van der Waals surface area contributed by atoms with Crippen molar-refractivity contribution in [3.63, 3.8) is 0 Å². The second kappa shape index (κ2) is 8.24. The van der Waals surface area contributed by atoms with Gasteiger partial charge in [-0.1, -0.05) is 6.42 Å². The van der Waals surface area contributed by atoms with Crippen LogP contribution in [0.1, 0.15) is 50.0 Å². The van der Waals surface area contributed by atoms with Crippen LogP contribution in [0.15, 0.2) is 5.38 Å². The van der Waals surface area contributed by atoms with Gasteiger partial charge in [0.25, 0.3) is 5.91 Å². The van der Waals surface area contributed by atoms with Gasteiger partial charge in [-0.15, -0.1) is 11.3 Å². The third-order valence-electron chi connectivity index (χ3n) is 3.87. The summed E-state index contributed by atoms with van der Waals surface area (Å²) in [6.45, 7) is 6.53. The molecule has 122 valence electrons. The van der Waals surface area contributed by atoms with E-state index >= 15 is 0 Å². The van der Waals surface area contributed by atoms with Crippen LogP contribution in [0.4, 0.5) is 5.13 Å². The topological polar surface area (TPSA) is 74.3 Å². The standard InChI is InChI=1S/C15H24N4O2S/c1-11-6-3-4-8-19(11)9-5-7-16-14(21)13-10-22-15(18-13)17-12(2)20/h10-11H,3-9H2,1-2H3,(H,16,21)(H,17,18,20). The first kappa shape index (κ1) is 16.9. The molecule has 1 atom stereocenters. The van der Waals surface area contributed by atoms with Crippen molar-refractivity contribution in [2.24, 2.45) is 0 Å². The number of hydrogen-bond acceptors (Lipinski definition) is 5. The van der Waals surface area contributed by atoms with Gasteiger partial charge in [-0.25, -0.2) is 4.98 Å². The van der Waals surface area contributed by atoms with E-state index in [9.17, 15) is 9.59 Å². The molecule has 6 nitrogen and oxygen atoms in total. The summed E-state index contributed by atoms with van der Waals surface area (Å²) in [6.07, 6.45) is 4.83. The molecule has 0 spiro atoms. The quantitative estimate of drug-likeness (QED) is 0.786. The van der Waals surface area contributed by atoms with Gasteiger partial charge >= 0.3 is 0 Å². The molecule has 7 heteroatoms. The van der Waals surface area contributed by atoms with Crippen molar-refractivity contribution in [3.05, 3.63) is 11.1 Å². The van der Waals surface area contributed by atoms with E-state index in [1.807, 2.05) is 0 Å². The lowest BCUT2D eigenvalue weighted by Crippen LogP contribution is -2.39. The summed E-state index contributed by atoms with van der Waals surface area (Å²) >= 11 is 1.26. The molecule has 1 fully saturated rings. The van der Waals surface area contributed by atoms with Gasteiger partial charge < -0.3 is 15.5 Å². The van der Waals surface area contributed by atoms with Gasteiger partial charge in [0.05, 0.1) is 0 Å². The lowest BCUT2D eigenvalue weighted by molar-refractivity contribution is -0.114. The Morgan fingerprint density at radius 1 is 1.45 bits per heavy atom. The van der Waals surface area contributed by atoms with Crippen molar-refractivity contribution in [1.29, 1.82) is 0 Å². The van der Waals surface area contributed by atoms with Crippen LogP contribution >= 0.6 is 11.3 Å². The summed E-state index contributed by atoms with van der Waals surface area (Å²) in [6, 6.07) is 0.656. The molecular weight excluding hydrogens is 300 g/mol. The average molecular weight is 324 g/mol. The molecule has 0 bridgehead atoms. The number of hydrogen-bond donors (Lipinski definition) is 2. The van der Waals surface area contributed by atoms with Crippen LogP contribution in [-0.4, -0.2) is 47.4 Å². The predicted octanol–water partition coefficient (Wildman–Crippen LogP) is 2.10. The zero-order chi connectivity index (χ0) is 15.9. The maximum atomic E-state index is 12.0. The lowest BCUT2D eigenvalue weighted by atomic mass is 10.0. The molecule has 0 aromatic carbocycles. The molecule has 1 unspecified atom stereocenters. The number of nitrogens with zero attached hydrogens (tertiary/aromatic N) is 2. The third kappa shape index (κ3) is 5.06. The Morgan fingerprint density at radius 2 is 2.27 bits per heavy atom. The summed E-state index contributed by atoms with van der Waals surface area (Å²) in [4.78, 5) is 29.5. The van der Waals surface area contributed by atoms with Crippen LogP contribution in [-0.2, 0) is 4.79 Å². The molecule has 1 saturated heterocycles. The summed E-state index contributed by atoms with van der Waals surface area (Å²) in [7, 11) is 0. The molecule has 2 rings (SSSR count). The number of aromatic nitrogens is 1. The lowest BCUT2D eigenvalue weighted by Gasteiger charge is -2.33. The van der Waals surface area contributed by atoms with E-state index in [0.717, 1.165) is 13.0 Å². The molecule has 1 aromatic heterocycles. The highest BCUT2D eigenvalue weighted by Crippen LogP contribution is 2.16. The highest BCUT2D eigenvalue weighted by molar-refractivity contribution is 7.14. The largest absolute Gasteiger partial charge is 0.351 e. The van der Waals surface area contributed by atoms with Crippen molar-refractivity contribution in [2.45, 2.75) is 45.6 Å². The van der Waals surface area contributed by atoms with Crippen LogP contribution in [0.3, 0.4) is 0 Å². The minimum absolute atomic E-state index is 0.181. The zero-order valence-electron chi connectivity index (χ0n) is 13.2. The summed E-state index contributed by atoms with van der Waals surface area (Å²) in [5.74, 6) is -0.364. The van der Waals surface area contributed by atoms with Crippen LogP contribution in [0, 0.1) is 0 Å². The average Bonchev–Trinajstić information content (AvgIpc) is 2.93. The minimum atomic E-state index is -0.183. The normalized spacial score (nSPS) is 18.9. The van der Waals surface area contributed by atoms with Crippen molar-refractivity contribution in [2.75, 3.05) is 25.0 Å². The molecular formula is C15H24N4O2S. The molecule has 22 heavy (non-hydrogen) atoms. The first-order chi connectivity index (χ1) is 10.6. The highest BCUT2D eigenvalue weighted by atomic mass is 32.1. The zero-order valence-corrected chi connectivity index (χ0v) is 14.0. The smallest absolute Gasteiger partial charge is 0.270 e. The van der Waals surface area contributed by atoms with Gasteiger partial charge in [0.15, 0.2) is 5.13 Å². The monoisotopic (exact) mass is 324 g/mol. The van der Waals surface area contributed by atoms with Gasteiger partial charge in [0.2, 0.25) is 5.91 Å². The number of anilines is 1. The number of carbonyl (C=O) groups excluding carboxylic acids is 2. The molecule has 0 aliphatic carbocycles. The predicted molar refractivity (Wildman–Crippen MR) is 88.3 cm³/mol. The first-order valence-electron chi connectivity index (χ1n) is 7.81. The van der Waals surface area contributed by atoms with Gasteiger partial charge in [0, 0.05) is 31.4 Å². The Morgan fingerprint density at radius 3 is 3.00 bits per heavy atom. The summed E-state index contributed by atoms with van der Waals surface area (Å²) in [5.41, 5.74) is 0.361. The third-order valence-corrected chi connectivity index (χ3v) is 4.63. The fourth-order valence-electron chi connectivity index (χ4n) is 2.65. The van der Waals surface area contributed by atoms with Gasteiger partial charge in [-0.05, 0) is 32.7 Å². The molecule has 0 radical (unpaired) electrons. The second-order valence-electron chi connectivity index (χ2n) is 5.71. The number of amides is 2. The SMILES string of the molecule is CC(=O)Nc1nc(C(=O)NCCCN2CCCCC2C)cs1. The van der Waals surface area contributed by atoms with E-state index in [-0.39, 0.29) is 11.8 Å². The van der Waals surface area contributed by atoms with E-state index in [0.29, 0.717) is 23.4 Å². The van der Waals surface area contributed by atoms with E-state index in [2.05, 4.69) is 27.4 Å². The van der Waals surface area contributed by atoms with E-state index in [1.54, 1.807) is 5.38 Å². The second-order valence-corrected chi connectivity index (χ2v) is 6.57. The molecule has 1 aromatic rings. The van der Waals surface area contributed by atoms with E-state index in [4.69, 9.17) is 0 Å². The van der Waals surface area contributed by atoms with E-state index < -0.39 is 0 Å². The summed E-state index contributed by atoms with van der Waals surface area (Å²) < 4.78 is 0. The number of thiazole rings is 1. The minimum Gasteiger partial charge on any atom is -0.351 e. The van der Waals surface area contributed by atoms with Crippen LogP contribution in [0.2, 0.25) is 0 Å². The van der Waals surface area contributed by atoms with Crippen LogP contribution in [0.25, 0.3) is 0 Å². The van der Waals surface area contributed by atoms with Crippen molar-refractivity contribution >= 4 is 28.3 Å². The summed E-state index contributed by atoms with van der Waals surface area (Å²) in [5, 5.41) is 7.58. The molecule has 1 aliphatic heterocycles. The molecule has 2 N–H and O–H groups in total. The van der Waals surface area contributed by atoms with Crippen LogP contribution < -0.4 is 10.6 Å². The van der Waals surface area contributed by atoms with E-state index in [1.165, 1.54) is 44.1 Å². The van der Waals surface area contributed by atoms with Crippen LogP contribution in [0.5, 0.6) is 0 Å². The maximum absolute atomic E-state index is 12.0. The number of nitrogens with one attached hydrogen (secondary N) is 2. The Balaban J connectivity index is 1.69. The highest BCUT2D eigenvalue weighted by Gasteiger charge is 2.17. The van der Waals surface area contributed by atoms with Gasteiger partial charge in [-0.3, -0.25) is 9.59 Å². The number of rotatable bonds is 6. The molecule has 2 amide bonds. The molecule has 1 aliphatic rings. The Hall–Kier alpha value is -1.47. The number of carbonyl (C=O) groups is 2. The van der Waals surface area contributed by atoms with Gasteiger partial charge in [-0.2, -0.15) is 0 Å². The Kier molecular flexibility index (Phi) is 6.33. The van der Waals surface area contributed by atoms with Gasteiger partial charge in [0.1, 0.15) is 5.69 Å². The Bertz CT molecular complexity index is 517. The maximum Gasteiger partial charge on any atom is 0.270 e. The fourth-order valence-corrected chi connectivity index (χ4v) is 3.39. The van der Waals surface area contributed by atoms with Crippen molar-refractivity contribution in [3.8, 4) is 0 Å². The molecule has 0 saturated carbocycles. The fraction of sp³-hybridized carbons (Fsp3) is 0.667. The van der Waals surface area contributed by atoms with Crippen molar-refractivity contribution < 1.29 is 9.59 Å². The number of piperidine rings is 1. The van der Waals surface area contributed by atoms with Crippen molar-refractivity contribution in [1.82, 2.24) is 15.2 Å².